The molecular weight excluding hydrogens is 449 g/mol. The number of hydrogen-bond donors (Lipinski definition) is 0. The molecule has 1 aromatic carbocycles. The van der Waals surface area contributed by atoms with Gasteiger partial charge in [-0.05, 0) is 52.1 Å². The van der Waals surface area contributed by atoms with E-state index < -0.39 is 0 Å². The number of carbonyl (C=O) groups is 1. The minimum absolute atomic E-state index is 0.0103. The first-order chi connectivity index (χ1) is 12.7. The van der Waals surface area contributed by atoms with Crippen molar-refractivity contribution in [2.45, 2.75) is 6.10 Å². The fourth-order valence-electron chi connectivity index (χ4n) is 2.80. The maximum Gasteiger partial charge on any atom is 0.255 e. The molecule has 0 saturated carbocycles. The Morgan fingerprint density at radius 1 is 1.31 bits per heavy atom. The maximum absolute atomic E-state index is 12.8. The van der Waals surface area contributed by atoms with Crippen LogP contribution in [-0.4, -0.2) is 63.4 Å². The number of morpholine rings is 1. The molecule has 3 aromatic rings. The summed E-state index contributed by atoms with van der Waals surface area (Å²) in [6, 6.07) is 11.2. The molecule has 0 spiro atoms. The average molecular weight is 465 g/mol. The number of carbonyl (C=O) groups excluding carboxylic acids is 1. The summed E-state index contributed by atoms with van der Waals surface area (Å²) in [6.45, 7) is 1.75. The van der Waals surface area contributed by atoms with E-state index in [2.05, 4.69) is 37.9 Å². The molecule has 9 heteroatoms. The van der Waals surface area contributed by atoms with E-state index in [1.807, 2.05) is 30.3 Å². The Bertz CT molecular complexity index is 931. The van der Waals surface area contributed by atoms with Crippen molar-refractivity contribution in [3.05, 3.63) is 51.7 Å². The van der Waals surface area contributed by atoms with Crippen LogP contribution in [0.3, 0.4) is 0 Å². The monoisotopic (exact) mass is 465 g/mol. The second-order valence-electron chi connectivity index (χ2n) is 5.83. The Labute approximate surface area is 163 Å². The van der Waals surface area contributed by atoms with E-state index in [1.165, 1.54) is 4.85 Å². The minimum Gasteiger partial charge on any atom is -0.391 e. The normalized spacial score (nSPS) is 17.4. The maximum atomic E-state index is 12.8. The van der Waals surface area contributed by atoms with Crippen LogP contribution in [0.15, 0.2) is 42.6 Å². The number of amides is 1. The third kappa shape index (κ3) is 3.49. The van der Waals surface area contributed by atoms with Crippen molar-refractivity contribution >= 4 is 39.7 Å². The van der Waals surface area contributed by atoms with Gasteiger partial charge >= 0.3 is 0 Å². The largest absolute Gasteiger partial charge is 0.391 e. The van der Waals surface area contributed by atoms with E-state index in [1.54, 1.807) is 17.2 Å². The lowest BCUT2D eigenvalue weighted by atomic mass is 10.2. The van der Waals surface area contributed by atoms with Gasteiger partial charge in [0.1, 0.15) is 18.2 Å². The molecule has 1 aliphatic rings. The summed E-state index contributed by atoms with van der Waals surface area (Å²) in [7, 11) is 0. The number of nitrogens with zero attached hydrogens (tertiary/aromatic N) is 5. The van der Waals surface area contributed by atoms with Crippen molar-refractivity contribution in [1.29, 1.82) is 0 Å². The summed E-state index contributed by atoms with van der Waals surface area (Å²) < 4.78 is 6.67. The number of halogens is 1. The number of aromatic nitrogens is 4. The molecule has 0 radical (unpaired) electrons. The van der Waals surface area contributed by atoms with E-state index in [0.29, 0.717) is 36.4 Å². The van der Waals surface area contributed by atoms with Gasteiger partial charge in [0, 0.05) is 16.3 Å². The zero-order valence-corrected chi connectivity index (χ0v) is 15.9. The van der Waals surface area contributed by atoms with Crippen molar-refractivity contribution in [2.75, 3.05) is 26.3 Å². The van der Waals surface area contributed by atoms with Gasteiger partial charge in [-0.3, -0.25) is 4.79 Å². The molecule has 0 N–H and O–H groups in total. The molecule has 26 heavy (non-hydrogen) atoms. The zero-order valence-electron chi connectivity index (χ0n) is 13.8. The summed E-state index contributed by atoms with van der Waals surface area (Å²) in [5.41, 5.74) is 1.92. The Morgan fingerprint density at radius 3 is 3.08 bits per heavy atom. The predicted octanol–water partition coefficient (Wildman–Crippen LogP) is 1.40. The Balaban J connectivity index is 1.41. The number of benzene rings is 1. The highest BCUT2D eigenvalue weighted by molar-refractivity contribution is 14.1. The van der Waals surface area contributed by atoms with E-state index in [9.17, 15) is 4.79 Å². The van der Waals surface area contributed by atoms with Gasteiger partial charge in [0.25, 0.3) is 5.91 Å². The third-order valence-corrected chi connectivity index (χ3v) is 5.03. The average Bonchev–Trinajstić information content (AvgIpc) is 3.10. The van der Waals surface area contributed by atoms with Crippen LogP contribution in [0.2, 0.25) is 0 Å². The van der Waals surface area contributed by atoms with Crippen molar-refractivity contribution in [3.8, 4) is 0 Å². The molecule has 1 unspecified atom stereocenters. The fraction of sp³-hybridized carbons (Fsp3) is 0.294. The molecule has 4 rings (SSSR count). The van der Waals surface area contributed by atoms with Gasteiger partial charge in [0.15, 0.2) is 0 Å². The highest BCUT2D eigenvalue weighted by atomic mass is 127. The molecule has 0 bridgehead atoms. The first kappa shape index (κ1) is 17.2. The van der Waals surface area contributed by atoms with Crippen LogP contribution < -0.4 is 4.84 Å². The number of hydrogen-bond acceptors (Lipinski definition) is 6. The molecule has 1 atom stereocenters. The zero-order chi connectivity index (χ0) is 17.9. The number of fused-ring (bicyclic) bond motifs is 1. The third-order valence-electron chi connectivity index (χ3n) is 4.09. The van der Waals surface area contributed by atoms with Gasteiger partial charge in [-0.25, -0.2) is 4.98 Å². The number of ether oxygens (including phenoxy) is 1. The van der Waals surface area contributed by atoms with Crippen LogP contribution in [0, 0.1) is 3.57 Å². The van der Waals surface area contributed by atoms with Crippen LogP contribution in [0.1, 0.15) is 10.4 Å². The fourth-order valence-corrected chi connectivity index (χ4v) is 3.41. The Kier molecular flexibility index (Phi) is 4.98. The van der Waals surface area contributed by atoms with Crippen LogP contribution in [0.4, 0.5) is 0 Å². The first-order valence-electron chi connectivity index (χ1n) is 8.17. The highest BCUT2D eigenvalue weighted by Crippen LogP contribution is 2.16. The number of pyridine rings is 1. The lowest BCUT2D eigenvalue weighted by Gasteiger charge is -2.32. The molecule has 1 fully saturated rings. The molecule has 0 aliphatic carbocycles. The second-order valence-corrected chi connectivity index (χ2v) is 6.99. The van der Waals surface area contributed by atoms with Gasteiger partial charge in [-0.15, -0.1) is 5.10 Å². The molecule has 8 nitrogen and oxygen atoms in total. The van der Waals surface area contributed by atoms with Gasteiger partial charge in [0.2, 0.25) is 5.65 Å². The smallest absolute Gasteiger partial charge is 0.255 e. The molecule has 3 heterocycles. The summed E-state index contributed by atoms with van der Waals surface area (Å²) in [5.74, 6) is 0.0103. The summed E-state index contributed by atoms with van der Waals surface area (Å²) in [6.07, 6.45) is 1.42. The molecule has 134 valence electrons. The molecule has 2 aromatic heterocycles. The molecular formula is C17H16IN5O3. The molecule has 1 aliphatic heterocycles. The van der Waals surface area contributed by atoms with Crippen molar-refractivity contribution in [1.82, 2.24) is 25.0 Å². The first-order valence-corrected chi connectivity index (χ1v) is 9.25. The van der Waals surface area contributed by atoms with Gasteiger partial charge in [0.05, 0.1) is 18.7 Å². The Hall–Kier alpha value is -2.27. The summed E-state index contributed by atoms with van der Waals surface area (Å²) in [4.78, 5) is 25.7. The van der Waals surface area contributed by atoms with E-state index in [4.69, 9.17) is 9.57 Å². The predicted molar refractivity (Wildman–Crippen MR) is 102 cm³/mol. The topological polar surface area (TPSA) is 82.4 Å². The highest BCUT2D eigenvalue weighted by Gasteiger charge is 2.27. The van der Waals surface area contributed by atoms with E-state index in [-0.39, 0.29) is 18.6 Å². The summed E-state index contributed by atoms with van der Waals surface area (Å²) >= 11 is 2.18. The Morgan fingerprint density at radius 2 is 2.19 bits per heavy atom. The second kappa shape index (κ2) is 7.54. The van der Waals surface area contributed by atoms with Crippen molar-refractivity contribution < 1.29 is 14.4 Å². The van der Waals surface area contributed by atoms with Crippen LogP contribution in [-0.2, 0) is 4.74 Å². The van der Waals surface area contributed by atoms with Crippen LogP contribution in [0.5, 0.6) is 0 Å². The number of rotatable bonds is 4. The molecule has 1 saturated heterocycles. The standard InChI is InChI=1S/C17H16IN5O3/c18-14-5-2-1-4-13(14)17(24)22-8-9-25-12(10-22)11-26-23-16-15(20-21-23)6-3-7-19-16/h1-7,12H,8-11H2. The van der Waals surface area contributed by atoms with E-state index in [0.717, 1.165) is 3.57 Å². The van der Waals surface area contributed by atoms with Crippen LogP contribution >= 0.6 is 22.6 Å². The van der Waals surface area contributed by atoms with Gasteiger partial charge < -0.3 is 14.5 Å². The summed E-state index contributed by atoms with van der Waals surface area (Å²) in [5, 5.41) is 7.93. The minimum atomic E-state index is -0.239. The lowest BCUT2D eigenvalue weighted by Crippen LogP contribution is -2.48. The van der Waals surface area contributed by atoms with E-state index >= 15 is 0 Å². The van der Waals surface area contributed by atoms with Crippen molar-refractivity contribution in [3.63, 3.8) is 0 Å². The quantitative estimate of drug-likeness (QED) is 0.542. The van der Waals surface area contributed by atoms with Crippen LogP contribution in [0.25, 0.3) is 11.2 Å². The van der Waals surface area contributed by atoms with Crippen molar-refractivity contribution in [2.24, 2.45) is 0 Å². The van der Waals surface area contributed by atoms with Gasteiger partial charge in [-0.2, -0.15) is 0 Å². The molecule has 1 amide bonds. The lowest BCUT2D eigenvalue weighted by molar-refractivity contribution is -0.0680. The SMILES string of the molecule is O=C(c1ccccc1I)N1CCOC(COn2nnc3cccnc32)C1. The van der Waals surface area contributed by atoms with Gasteiger partial charge in [-0.1, -0.05) is 17.0 Å².